The van der Waals surface area contributed by atoms with Gasteiger partial charge in [0.2, 0.25) is 0 Å². The molecule has 0 aliphatic heterocycles. The van der Waals surface area contributed by atoms with Crippen molar-refractivity contribution in [2.24, 2.45) is 0 Å². The summed E-state index contributed by atoms with van der Waals surface area (Å²) in [6.07, 6.45) is -12.7. The molecule has 0 unspecified atom stereocenters. The van der Waals surface area contributed by atoms with Crippen molar-refractivity contribution < 1.29 is 63.0 Å². The molecule has 3 rings (SSSR count). The van der Waals surface area contributed by atoms with E-state index in [0.29, 0.717) is 0 Å². The summed E-state index contributed by atoms with van der Waals surface area (Å²) in [5.41, 5.74) is 4.34. The maximum absolute atomic E-state index is 12.4. The van der Waals surface area contributed by atoms with Crippen LogP contribution >= 0.6 is 45.2 Å². The van der Waals surface area contributed by atoms with Crippen molar-refractivity contribution in [3.05, 3.63) is 70.3 Å². The molecule has 0 saturated carbocycles. The zero-order valence-corrected chi connectivity index (χ0v) is 23.7. The van der Waals surface area contributed by atoms with Crippen LogP contribution in [0, 0.1) is 3.57 Å². The van der Waals surface area contributed by atoms with Crippen LogP contribution in [0.15, 0.2) is 66.7 Å². The Hall–Kier alpha value is -1.97. The molecule has 0 radical (unpaired) electrons. The van der Waals surface area contributed by atoms with Gasteiger partial charge in [-0.15, -0.1) is 0 Å². The lowest BCUT2D eigenvalue weighted by molar-refractivity contribution is -0.438. The van der Waals surface area contributed by atoms with Crippen LogP contribution in [0.1, 0.15) is 0 Å². The summed E-state index contributed by atoms with van der Waals surface area (Å²) in [5, 5.41) is 12.4. The van der Waals surface area contributed by atoms with Crippen LogP contribution in [-0.4, -0.2) is 44.6 Å². The second-order valence-electron chi connectivity index (χ2n) is 7.38. The standard InChI is InChI=1S/C18H13IO2.C4HF8IO4S/c19-17-3-1-2-16(12-4-8-14(20)9-5-12)18(17)13-6-10-15(21)11-7-13;5-1(6,13)2(7,8)17-3(9,10)4(11,12)18(14,15)16/h1-11,20-21H;(H,14,15,16). The molecule has 0 fully saturated rings. The Morgan fingerprint density at radius 3 is 1.54 bits per heavy atom. The molecule has 6 nitrogen and oxygen atoms in total. The Labute approximate surface area is 242 Å². The molecule has 0 aliphatic carbocycles. The molecule has 3 aromatic carbocycles. The largest absolute Gasteiger partial charge is 0.508 e. The summed E-state index contributed by atoms with van der Waals surface area (Å²) >= 11 is 1.93. The van der Waals surface area contributed by atoms with E-state index in [2.05, 4.69) is 34.7 Å². The van der Waals surface area contributed by atoms with E-state index in [1.165, 1.54) is 0 Å². The lowest BCUT2D eigenvalue weighted by Crippen LogP contribution is -2.54. The highest BCUT2D eigenvalue weighted by molar-refractivity contribution is 14.1. The topological polar surface area (TPSA) is 104 Å². The highest BCUT2D eigenvalue weighted by Gasteiger charge is 2.73. The molecule has 0 spiro atoms. The van der Waals surface area contributed by atoms with Gasteiger partial charge in [0.15, 0.2) is 0 Å². The molecule has 0 atom stereocenters. The van der Waals surface area contributed by atoms with Gasteiger partial charge in [-0.25, -0.2) is 4.74 Å². The number of benzene rings is 3. The van der Waals surface area contributed by atoms with Crippen LogP contribution in [-0.2, 0) is 14.9 Å². The summed E-state index contributed by atoms with van der Waals surface area (Å²) in [5.74, 6) is 0.520. The first kappa shape index (κ1) is 33.2. The van der Waals surface area contributed by atoms with E-state index < -0.39 is 54.1 Å². The predicted molar refractivity (Wildman–Crippen MR) is 140 cm³/mol. The van der Waals surface area contributed by atoms with E-state index in [-0.39, 0.29) is 11.5 Å². The normalized spacial score (nSPS) is 13.0. The minimum atomic E-state index is -6.87. The number of halogens is 10. The fraction of sp³-hybridized carbons (Fsp3) is 0.182. The second-order valence-corrected chi connectivity index (χ2v) is 11.4. The molecule has 214 valence electrons. The van der Waals surface area contributed by atoms with Crippen molar-refractivity contribution in [1.29, 1.82) is 0 Å². The molecule has 17 heteroatoms. The van der Waals surface area contributed by atoms with Gasteiger partial charge >= 0.3 is 31.5 Å². The monoisotopic (exact) mass is 812 g/mol. The van der Waals surface area contributed by atoms with Crippen molar-refractivity contribution in [3.63, 3.8) is 0 Å². The van der Waals surface area contributed by atoms with Crippen LogP contribution in [0.4, 0.5) is 35.1 Å². The van der Waals surface area contributed by atoms with Gasteiger partial charge in [-0.1, -0.05) is 36.4 Å². The van der Waals surface area contributed by atoms with Crippen LogP contribution in [0.5, 0.6) is 11.5 Å². The number of phenols is 2. The lowest BCUT2D eigenvalue weighted by atomic mass is 9.94. The van der Waals surface area contributed by atoms with Crippen LogP contribution in [0.2, 0.25) is 0 Å². The molecular formula is C22H14F8I2O6S. The van der Waals surface area contributed by atoms with Crippen LogP contribution in [0.3, 0.4) is 0 Å². The zero-order chi connectivity index (χ0) is 30.0. The Balaban J connectivity index is 0.000000278. The molecule has 0 aliphatic rings. The van der Waals surface area contributed by atoms with Crippen molar-refractivity contribution in [3.8, 4) is 33.8 Å². The van der Waals surface area contributed by atoms with Crippen LogP contribution < -0.4 is 0 Å². The smallest absolute Gasteiger partial charge is 0.460 e. The molecule has 0 bridgehead atoms. The number of ether oxygens (including phenoxy) is 1. The summed E-state index contributed by atoms with van der Waals surface area (Å²) in [6.45, 7) is 0. The average Bonchev–Trinajstić information content (AvgIpc) is 2.78. The van der Waals surface area contributed by atoms with Gasteiger partial charge in [0, 0.05) is 31.7 Å². The fourth-order valence-corrected chi connectivity index (χ4v) is 4.02. The predicted octanol–water partition coefficient (Wildman–Crippen LogP) is 7.73. The van der Waals surface area contributed by atoms with E-state index in [9.17, 15) is 53.8 Å². The minimum Gasteiger partial charge on any atom is -0.508 e. The number of hydrogen-bond acceptors (Lipinski definition) is 5. The quantitative estimate of drug-likeness (QED) is 0.0978. The summed E-state index contributed by atoms with van der Waals surface area (Å²) in [4.78, 5) is 0. The highest BCUT2D eigenvalue weighted by Crippen LogP contribution is 2.48. The molecule has 0 aromatic heterocycles. The molecule has 0 amide bonds. The van der Waals surface area contributed by atoms with Gasteiger partial charge in [0.05, 0.1) is 0 Å². The Kier molecular flexibility index (Phi) is 10.1. The van der Waals surface area contributed by atoms with Crippen molar-refractivity contribution in [1.82, 2.24) is 0 Å². The molecular weight excluding hydrogens is 798 g/mol. The highest BCUT2D eigenvalue weighted by atomic mass is 127. The number of alkyl halides is 9. The van der Waals surface area contributed by atoms with E-state index in [1.807, 2.05) is 35.1 Å². The third kappa shape index (κ3) is 7.82. The molecule has 3 aromatic rings. The average molecular weight is 812 g/mol. The molecule has 3 N–H and O–H groups in total. The van der Waals surface area contributed by atoms with Gasteiger partial charge in [-0.2, -0.15) is 43.5 Å². The Morgan fingerprint density at radius 2 is 1.13 bits per heavy atom. The van der Waals surface area contributed by atoms with Crippen molar-refractivity contribution in [2.45, 2.75) is 21.4 Å². The number of phenolic OH excluding ortho intramolecular Hbond substituents is 2. The van der Waals surface area contributed by atoms with E-state index >= 15 is 0 Å². The Morgan fingerprint density at radius 1 is 0.692 bits per heavy atom. The fourth-order valence-electron chi connectivity index (χ4n) is 2.76. The van der Waals surface area contributed by atoms with Gasteiger partial charge in [-0.05, 0) is 69.6 Å². The summed E-state index contributed by atoms with van der Waals surface area (Å²) < 4.78 is 123. The van der Waals surface area contributed by atoms with E-state index in [4.69, 9.17) is 4.55 Å². The zero-order valence-electron chi connectivity index (χ0n) is 18.6. The van der Waals surface area contributed by atoms with E-state index in [1.54, 1.807) is 24.3 Å². The molecule has 0 saturated heterocycles. The maximum Gasteiger partial charge on any atom is 0.460 e. The SMILES string of the molecule is O=S(=O)(O)C(F)(F)C(F)(F)OC(F)(F)C(F)(F)I.Oc1ccc(-c2cccc(I)c2-c2ccc(O)cc2)cc1. The molecule has 39 heavy (non-hydrogen) atoms. The van der Waals surface area contributed by atoms with E-state index in [0.717, 1.165) is 25.8 Å². The summed E-state index contributed by atoms with van der Waals surface area (Å²) in [6, 6.07) is 20.6. The van der Waals surface area contributed by atoms with Crippen LogP contribution in [0.25, 0.3) is 22.3 Å². The third-order valence-corrected chi connectivity index (χ3v) is 7.01. The Bertz CT molecular complexity index is 1400. The van der Waals surface area contributed by atoms with Crippen molar-refractivity contribution >= 4 is 55.3 Å². The number of rotatable bonds is 7. The first-order valence-corrected chi connectivity index (χ1v) is 13.4. The third-order valence-electron chi connectivity index (χ3n) is 4.60. The summed E-state index contributed by atoms with van der Waals surface area (Å²) in [7, 11) is -6.87. The van der Waals surface area contributed by atoms with Gasteiger partial charge < -0.3 is 10.2 Å². The number of hydrogen-bond donors (Lipinski definition) is 3. The second kappa shape index (κ2) is 11.9. The maximum atomic E-state index is 12.4. The molecule has 0 heterocycles. The first-order chi connectivity index (χ1) is 17.6. The van der Waals surface area contributed by atoms with Gasteiger partial charge in [0.25, 0.3) is 0 Å². The first-order valence-electron chi connectivity index (χ1n) is 9.85. The number of aromatic hydroxyl groups is 2. The van der Waals surface area contributed by atoms with Gasteiger partial charge in [-0.3, -0.25) is 4.55 Å². The van der Waals surface area contributed by atoms with Crippen molar-refractivity contribution in [2.75, 3.05) is 0 Å². The van der Waals surface area contributed by atoms with Gasteiger partial charge in [0.1, 0.15) is 11.5 Å². The minimum absolute atomic E-state index is 0.260. The lowest BCUT2D eigenvalue weighted by Gasteiger charge is -2.29.